The number of hydrogen-bond acceptors (Lipinski definition) is 5. The van der Waals surface area contributed by atoms with Crippen LogP contribution in [0.4, 0.5) is 5.69 Å². The monoisotopic (exact) mass is 507 g/mol. The smallest absolute Gasteiger partial charge is 0.244 e. The van der Waals surface area contributed by atoms with Crippen LogP contribution in [0.2, 0.25) is 5.02 Å². The molecule has 9 heteroatoms. The van der Waals surface area contributed by atoms with Crippen molar-refractivity contribution in [1.29, 1.82) is 0 Å². The summed E-state index contributed by atoms with van der Waals surface area (Å²) in [6.45, 7) is 5.15. The van der Waals surface area contributed by atoms with Crippen LogP contribution in [0.5, 0.6) is 5.75 Å². The van der Waals surface area contributed by atoms with Crippen LogP contribution in [0.15, 0.2) is 42.5 Å². The van der Waals surface area contributed by atoms with Gasteiger partial charge in [0.15, 0.2) is 0 Å². The molecule has 2 aromatic carbocycles. The number of piperidine rings is 1. The van der Waals surface area contributed by atoms with Crippen molar-refractivity contribution in [3.8, 4) is 5.75 Å². The van der Waals surface area contributed by atoms with Crippen molar-refractivity contribution in [2.75, 3.05) is 30.8 Å². The second-order valence-electron chi connectivity index (χ2n) is 8.63. The summed E-state index contributed by atoms with van der Waals surface area (Å²) in [6.07, 6.45) is 5.11. The van der Waals surface area contributed by atoms with Crippen molar-refractivity contribution in [3.63, 3.8) is 0 Å². The Kier molecular flexibility index (Phi) is 9.22. The van der Waals surface area contributed by atoms with Crippen LogP contribution in [0.1, 0.15) is 43.7 Å². The molecule has 0 saturated carbocycles. The summed E-state index contributed by atoms with van der Waals surface area (Å²) in [5.74, 6) is 0.0781. The lowest BCUT2D eigenvalue weighted by Gasteiger charge is -2.30. The molecule has 1 atom stereocenters. The zero-order valence-electron chi connectivity index (χ0n) is 20.1. The van der Waals surface area contributed by atoms with Crippen LogP contribution in [-0.4, -0.2) is 51.7 Å². The van der Waals surface area contributed by atoms with E-state index in [1.165, 1.54) is 38.0 Å². The first-order valence-corrected chi connectivity index (χ1v) is 13.9. The molecule has 1 saturated heterocycles. The molecule has 0 spiro atoms. The van der Waals surface area contributed by atoms with Gasteiger partial charge in [-0.25, -0.2) is 8.42 Å². The van der Waals surface area contributed by atoms with Crippen LogP contribution < -0.4 is 14.4 Å². The number of anilines is 1. The molecule has 186 valence electrons. The third-order valence-electron chi connectivity index (χ3n) is 6.13. The molecule has 1 heterocycles. The van der Waals surface area contributed by atoms with Crippen LogP contribution >= 0.6 is 11.6 Å². The molecule has 2 aromatic rings. The van der Waals surface area contributed by atoms with Gasteiger partial charge < -0.3 is 10.1 Å². The van der Waals surface area contributed by atoms with Gasteiger partial charge in [0, 0.05) is 13.1 Å². The van der Waals surface area contributed by atoms with E-state index < -0.39 is 16.1 Å². The first-order valence-electron chi connectivity index (χ1n) is 11.6. The minimum atomic E-state index is -3.75. The molecule has 0 radical (unpaired) electrons. The number of ether oxygens (including phenoxy) is 1. The van der Waals surface area contributed by atoms with E-state index in [-0.39, 0.29) is 10.9 Å². The normalized spacial score (nSPS) is 15.5. The van der Waals surface area contributed by atoms with Crippen molar-refractivity contribution < 1.29 is 17.9 Å². The number of halogens is 1. The minimum Gasteiger partial charge on any atom is -0.495 e. The van der Waals surface area contributed by atoms with E-state index in [0.29, 0.717) is 24.4 Å². The van der Waals surface area contributed by atoms with Gasteiger partial charge in [0.2, 0.25) is 15.9 Å². The highest BCUT2D eigenvalue weighted by molar-refractivity contribution is 7.92. The number of benzene rings is 2. The number of sulfonamides is 1. The Morgan fingerprint density at radius 1 is 1.15 bits per heavy atom. The number of methoxy groups -OCH3 is 1. The Hall–Kier alpha value is -2.29. The fourth-order valence-electron chi connectivity index (χ4n) is 4.40. The molecule has 1 fully saturated rings. The van der Waals surface area contributed by atoms with E-state index in [4.69, 9.17) is 16.3 Å². The summed E-state index contributed by atoms with van der Waals surface area (Å²) >= 11 is 6.24. The Morgan fingerprint density at radius 2 is 1.82 bits per heavy atom. The molecule has 3 rings (SSSR count). The molecule has 1 aliphatic heterocycles. The fourth-order valence-corrected chi connectivity index (χ4v) is 5.85. The van der Waals surface area contributed by atoms with E-state index in [1.807, 2.05) is 18.2 Å². The quantitative estimate of drug-likeness (QED) is 0.521. The van der Waals surface area contributed by atoms with Gasteiger partial charge in [-0.15, -0.1) is 0 Å². The third kappa shape index (κ3) is 6.64. The maximum Gasteiger partial charge on any atom is 0.244 e. The van der Waals surface area contributed by atoms with E-state index in [1.54, 1.807) is 19.1 Å². The summed E-state index contributed by atoms with van der Waals surface area (Å²) in [5, 5.41) is 3.24. The van der Waals surface area contributed by atoms with E-state index in [0.717, 1.165) is 35.8 Å². The molecule has 7 nitrogen and oxygen atoms in total. The van der Waals surface area contributed by atoms with Crippen LogP contribution in [0.25, 0.3) is 0 Å². The van der Waals surface area contributed by atoms with E-state index in [9.17, 15) is 13.2 Å². The van der Waals surface area contributed by atoms with Gasteiger partial charge in [0.25, 0.3) is 0 Å². The highest BCUT2D eigenvalue weighted by atomic mass is 35.5. The van der Waals surface area contributed by atoms with Gasteiger partial charge in [-0.05, 0) is 61.7 Å². The van der Waals surface area contributed by atoms with Gasteiger partial charge in [0.1, 0.15) is 11.8 Å². The number of hydrogen-bond donors (Lipinski definition) is 1. The van der Waals surface area contributed by atoms with E-state index in [2.05, 4.69) is 16.3 Å². The van der Waals surface area contributed by atoms with Crippen molar-refractivity contribution >= 4 is 33.2 Å². The zero-order chi connectivity index (χ0) is 24.7. The third-order valence-corrected chi connectivity index (χ3v) is 7.61. The minimum absolute atomic E-state index is 0.274. The second-order valence-corrected chi connectivity index (χ2v) is 10.9. The predicted octanol–water partition coefficient (Wildman–Crippen LogP) is 4.20. The molecule has 1 unspecified atom stereocenters. The topological polar surface area (TPSA) is 79.0 Å². The number of carbonyl (C=O) groups is 1. The highest BCUT2D eigenvalue weighted by Crippen LogP contribution is 2.32. The SMILES string of the molecule is CCC(C(=O)NCc1ccccc1CN1CCCCC1)N(c1ccc(OC)c(Cl)c1)S(C)(=O)=O. The van der Waals surface area contributed by atoms with Gasteiger partial charge in [-0.3, -0.25) is 14.0 Å². The molecule has 0 aliphatic carbocycles. The average molecular weight is 508 g/mol. The van der Waals surface area contributed by atoms with Gasteiger partial charge in [-0.2, -0.15) is 0 Å². The Bertz CT molecular complexity index is 1090. The number of rotatable bonds is 10. The maximum absolute atomic E-state index is 13.2. The lowest BCUT2D eigenvalue weighted by Crippen LogP contribution is -2.49. The molecular weight excluding hydrogens is 474 g/mol. The Balaban J connectivity index is 1.77. The van der Waals surface area contributed by atoms with Crippen molar-refractivity contribution in [3.05, 3.63) is 58.6 Å². The predicted molar refractivity (Wildman–Crippen MR) is 137 cm³/mol. The first kappa shape index (κ1) is 26.3. The summed E-state index contributed by atoms with van der Waals surface area (Å²) in [5.41, 5.74) is 2.54. The summed E-state index contributed by atoms with van der Waals surface area (Å²) in [4.78, 5) is 15.7. The maximum atomic E-state index is 13.2. The van der Waals surface area contributed by atoms with Gasteiger partial charge in [-0.1, -0.05) is 49.2 Å². The number of likely N-dealkylation sites (tertiary alicyclic amines) is 1. The number of nitrogens with zero attached hydrogens (tertiary/aromatic N) is 2. The van der Waals surface area contributed by atoms with E-state index >= 15 is 0 Å². The first-order chi connectivity index (χ1) is 16.2. The summed E-state index contributed by atoms with van der Waals surface area (Å²) < 4.78 is 31.7. The summed E-state index contributed by atoms with van der Waals surface area (Å²) in [7, 11) is -2.27. The lowest BCUT2D eigenvalue weighted by atomic mass is 10.0. The highest BCUT2D eigenvalue weighted by Gasteiger charge is 2.32. The average Bonchev–Trinajstić information content (AvgIpc) is 2.81. The van der Waals surface area contributed by atoms with Crippen LogP contribution in [0.3, 0.4) is 0 Å². The van der Waals surface area contributed by atoms with Crippen LogP contribution in [-0.2, 0) is 27.9 Å². The molecule has 1 aliphatic rings. The van der Waals surface area contributed by atoms with Crippen molar-refractivity contribution in [1.82, 2.24) is 10.2 Å². The Morgan fingerprint density at radius 3 is 2.41 bits per heavy atom. The molecule has 0 bridgehead atoms. The van der Waals surface area contributed by atoms with Crippen LogP contribution in [0, 0.1) is 0 Å². The zero-order valence-corrected chi connectivity index (χ0v) is 21.7. The lowest BCUT2D eigenvalue weighted by molar-refractivity contribution is -0.122. The molecule has 0 aromatic heterocycles. The Labute approximate surface area is 208 Å². The molecule has 1 amide bonds. The molecule has 34 heavy (non-hydrogen) atoms. The number of amides is 1. The van der Waals surface area contributed by atoms with Gasteiger partial charge in [0.05, 0.1) is 24.1 Å². The van der Waals surface area contributed by atoms with Crippen molar-refractivity contribution in [2.45, 2.75) is 51.7 Å². The number of carbonyl (C=O) groups excluding carboxylic acids is 1. The molecule has 1 N–H and O–H groups in total. The number of nitrogens with one attached hydrogen (secondary N) is 1. The molecular formula is C25H34ClN3O4S. The largest absolute Gasteiger partial charge is 0.495 e. The standard InChI is InChI=1S/C25H34ClN3O4S/c1-4-23(29(34(3,31)32)21-12-13-24(33-2)22(26)16-21)25(30)27-17-19-10-6-7-11-20(19)18-28-14-8-5-9-15-28/h6-7,10-13,16,23H,4-5,8-9,14-15,17-18H2,1-3H3,(H,27,30). The van der Waals surface area contributed by atoms with Gasteiger partial charge >= 0.3 is 0 Å². The second kappa shape index (κ2) is 11.9. The van der Waals surface area contributed by atoms with Crippen molar-refractivity contribution in [2.24, 2.45) is 0 Å². The summed E-state index contributed by atoms with van der Waals surface area (Å²) in [6, 6.07) is 11.9. The fraction of sp³-hybridized carbons (Fsp3) is 0.480.